The predicted molar refractivity (Wildman–Crippen MR) is 97.6 cm³/mol. The molecule has 124 valence electrons. The van der Waals surface area contributed by atoms with E-state index in [0.717, 1.165) is 29.9 Å². The fourth-order valence-corrected chi connectivity index (χ4v) is 3.33. The van der Waals surface area contributed by atoms with E-state index in [4.69, 9.17) is 0 Å². The Balaban J connectivity index is 1.55. The van der Waals surface area contributed by atoms with Gasteiger partial charge in [0.15, 0.2) is 0 Å². The highest BCUT2D eigenvalue weighted by atomic mass is 32.1. The predicted octanol–water partition coefficient (Wildman–Crippen LogP) is 3.58. The van der Waals surface area contributed by atoms with E-state index in [1.165, 1.54) is 4.88 Å². The summed E-state index contributed by atoms with van der Waals surface area (Å²) in [7, 11) is 0. The number of carbonyl (C=O) groups is 1. The molecule has 0 aliphatic heterocycles. The largest absolute Gasteiger partial charge is 0.352 e. The van der Waals surface area contributed by atoms with Crippen molar-refractivity contribution in [3.63, 3.8) is 0 Å². The van der Waals surface area contributed by atoms with Crippen LogP contribution in [0.25, 0.3) is 0 Å². The van der Waals surface area contributed by atoms with E-state index in [2.05, 4.69) is 34.9 Å². The molecule has 3 rings (SSSR count). The molecule has 0 atom stereocenters. The topological polar surface area (TPSA) is 46.9 Å². The minimum Gasteiger partial charge on any atom is -0.352 e. The number of aromatic nitrogens is 2. The lowest BCUT2D eigenvalue weighted by Gasteiger charge is -2.07. The monoisotopic (exact) mass is 339 g/mol. The summed E-state index contributed by atoms with van der Waals surface area (Å²) in [6.45, 7) is 5.43. The van der Waals surface area contributed by atoms with Crippen LogP contribution in [0.5, 0.6) is 0 Å². The van der Waals surface area contributed by atoms with Crippen LogP contribution in [0, 0.1) is 13.8 Å². The molecule has 0 spiro atoms. The van der Waals surface area contributed by atoms with Crippen LogP contribution >= 0.6 is 11.3 Å². The Morgan fingerprint density at radius 3 is 2.62 bits per heavy atom. The average molecular weight is 339 g/mol. The number of benzene rings is 1. The van der Waals surface area contributed by atoms with Crippen molar-refractivity contribution in [1.82, 2.24) is 15.1 Å². The fraction of sp³-hybridized carbons (Fsp3) is 0.263. The van der Waals surface area contributed by atoms with Gasteiger partial charge in [-0.15, -0.1) is 11.3 Å². The van der Waals surface area contributed by atoms with Gasteiger partial charge in [0.25, 0.3) is 5.91 Å². The Hall–Kier alpha value is -2.40. The Morgan fingerprint density at radius 1 is 1.21 bits per heavy atom. The highest BCUT2D eigenvalue weighted by Gasteiger charge is 2.06. The maximum Gasteiger partial charge on any atom is 0.251 e. The Bertz CT molecular complexity index is 804. The molecule has 0 saturated heterocycles. The third-order valence-corrected chi connectivity index (χ3v) is 4.83. The summed E-state index contributed by atoms with van der Waals surface area (Å²) in [5.41, 5.74) is 3.99. The van der Waals surface area contributed by atoms with Crippen molar-refractivity contribution in [2.24, 2.45) is 0 Å². The standard InChI is InChI=1S/C19H21N3OS/c1-14-12-15(2)22(21-14)13-16-5-7-17(8-6-16)19(23)20-10-9-18-4-3-11-24-18/h3-8,11-12H,9-10,13H2,1-2H3,(H,20,23). The van der Waals surface area contributed by atoms with Crippen molar-refractivity contribution in [1.29, 1.82) is 0 Å². The van der Waals surface area contributed by atoms with Gasteiger partial charge in [-0.1, -0.05) is 18.2 Å². The molecule has 2 heterocycles. The fourth-order valence-electron chi connectivity index (χ4n) is 2.63. The first-order chi connectivity index (χ1) is 11.6. The maximum absolute atomic E-state index is 12.2. The average Bonchev–Trinajstić information content (AvgIpc) is 3.18. The molecule has 5 heteroatoms. The smallest absolute Gasteiger partial charge is 0.251 e. The normalized spacial score (nSPS) is 10.8. The molecule has 1 N–H and O–H groups in total. The first kappa shape index (κ1) is 16.5. The summed E-state index contributed by atoms with van der Waals surface area (Å²) in [5, 5.41) is 9.49. The van der Waals surface area contributed by atoms with E-state index >= 15 is 0 Å². The zero-order valence-electron chi connectivity index (χ0n) is 14.0. The summed E-state index contributed by atoms with van der Waals surface area (Å²) in [6.07, 6.45) is 0.874. The molecular formula is C19H21N3OS. The molecule has 24 heavy (non-hydrogen) atoms. The summed E-state index contributed by atoms with van der Waals surface area (Å²) in [6, 6.07) is 13.9. The number of amides is 1. The van der Waals surface area contributed by atoms with Crippen molar-refractivity contribution in [2.45, 2.75) is 26.8 Å². The van der Waals surface area contributed by atoms with Crippen molar-refractivity contribution < 1.29 is 4.79 Å². The lowest BCUT2D eigenvalue weighted by atomic mass is 10.1. The molecule has 3 aromatic rings. The van der Waals surface area contributed by atoms with Gasteiger partial charge in [0.05, 0.1) is 12.2 Å². The van der Waals surface area contributed by atoms with Crippen LogP contribution < -0.4 is 5.32 Å². The second-order valence-corrected chi connectivity index (χ2v) is 6.90. The van der Waals surface area contributed by atoms with Gasteiger partial charge in [0.2, 0.25) is 0 Å². The molecule has 2 aromatic heterocycles. The molecule has 0 bridgehead atoms. The number of hydrogen-bond donors (Lipinski definition) is 1. The number of rotatable bonds is 6. The number of nitrogens with one attached hydrogen (secondary N) is 1. The number of carbonyl (C=O) groups excluding carboxylic acids is 1. The molecule has 1 amide bonds. The second kappa shape index (κ2) is 7.45. The van der Waals surface area contributed by atoms with Crippen molar-refractivity contribution in [3.05, 3.63) is 75.2 Å². The van der Waals surface area contributed by atoms with Crippen molar-refractivity contribution >= 4 is 17.2 Å². The van der Waals surface area contributed by atoms with E-state index < -0.39 is 0 Å². The molecule has 0 saturated carbocycles. The van der Waals surface area contributed by atoms with E-state index in [9.17, 15) is 4.79 Å². The first-order valence-corrected chi connectivity index (χ1v) is 8.90. The molecule has 0 unspecified atom stereocenters. The SMILES string of the molecule is Cc1cc(C)n(Cc2ccc(C(=O)NCCc3cccs3)cc2)n1. The number of hydrogen-bond acceptors (Lipinski definition) is 3. The van der Waals surface area contributed by atoms with Crippen LogP contribution in [-0.4, -0.2) is 22.2 Å². The number of aryl methyl sites for hydroxylation is 2. The van der Waals surface area contributed by atoms with E-state index in [0.29, 0.717) is 12.1 Å². The van der Waals surface area contributed by atoms with Gasteiger partial charge in [-0.25, -0.2) is 0 Å². The van der Waals surface area contributed by atoms with Gasteiger partial charge >= 0.3 is 0 Å². The van der Waals surface area contributed by atoms with E-state index in [1.54, 1.807) is 11.3 Å². The van der Waals surface area contributed by atoms with Crippen molar-refractivity contribution in [3.8, 4) is 0 Å². The third kappa shape index (κ3) is 4.11. The Kier molecular flexibility index (Phi) is 5.11. The number of thiophene rings is 1. The molecule has 4 nitrogen and oxygen atoms in total. The zero-order chi connectivity index (χ0) is 16.9. The van der Waals surface area contributed by atoms with Gasteiger partial charge in [0, 0.05) is 22.7 Å². The molecule has 0 fully saturated rings. The van der Waals surface area contributed by atoms with Gasteiger partial charge in [-0.2, -0.15) is 5.10 Å². The molecule has 0 aliphatic rings. The molecule has 1 aromatic carbocycles. The maximum atomic E-state index is 12.2. The Labute approximate surface area is 146 Å². The lowest BCUT2D eigenvalue weighted by molar-refractivity contribution is 0.0954. The van der Waals surface area contributed by atoms with Crippen LogP contribution in [0.2, 0.25) is 0 Å². The van der Waals surface area contributed by atoms with Crippen molar-refractivity contribution in [2.75, 3.05) is 6.54 Å². The summed E-state index contributed by atoms with van der Waals surface area (Å²) in [4.78, 5) is 13.5. The van der Waals surface area contributed by atoms with E-state index in [-0.39, 0.29) is 5.91 Å². The van der Waals surface area contributed by atoms with Gasteiger partial charge < -0.3 is 5.32 Å². The van der Waals surface area contributed by atoms with Gasteiger partial charge in [0.1, 0.15) is 0 Å². The van der Waals surface area contributed by atoms with Crippen LogP contribution in [0.15, 0.2) is 47.8 Å². The molecule has 0 aliphatic carbocycles. The highest BCUT2D eigenvalue weighted by molar-refractivity contribution is 7.09. The van der Waals surface area contributed by atoms with Crippen LogP contribution in [0.4, 0.5) is 0 Å². The summed E-state index contributed by atoms with van der Waals surface area (Å²) >= 11 is 1.72. The summed E-state index contributed by atoms with van der Waals surface area (Å²) < 4.78 is 1.98. The van der Waals surface area contributed by atoms with E-state index in [1.807, 2.05) is 41.9 Å². The summed E-state index contributed by atoms with van der Waals surface area (Å²) in [5.74, 6) is -0.0239. The minimum absolute atomic E-state index is 0.0239. The van der Waals surface area contributed by atoms with Gasteiger partial charge in [-0.05, 0) is 55.5 Å². The van der Waals surface area contributed by atoms with Crippen LogP contribution in [0.3, 0.4) is 0 Å². The second-order valence-electron chi connectivity index (χ2n) is 5.87. The lowest BCUT2D eigenvalue weighted by Crippen LogP contribution is -2.25. The van der Waals surface area contributed by atoms with Crippen LogP contribution in [-0.2, 0) is 13.0 Å². The first-order valence-electron chi connectivity index (χ1n) is 8.02. The number of nitrogens with zero attached hydrogens (tertiary/aromatic N) is 2. The van der Waals surface area contributed by atoms with Crippen LogP contribution in [0.1, 0.15) is 32.2 Å². The Morgan fingerprint density at radius 2 is 2.00 bits per heavy atom. The zero-order valence-corrected chi connectivity index (χ0v) is 14.8. The molecular weight excluding hydrogens is 318 g/mol. The minimum atomic E-state index is -0.0239. The quantitative estimate of drug-likeness (QED) is 0.746. The van der Waals surface area contributed by atoms with Gasteiger partial charge in [-0.3, -0.25) is 9.48 Å². The molecule has 0 radical (unpaired) electrons. The third-order valence-electron chi connectivity index (χ3n) is 3.89. The highest BCUT2D eigenvalue weighted by Crippen LogP contribution is 2.10.